The van der Waals surface area contributed by atoms with Crippen molar-refractivity contribution < 1.29 is 4.42 Å². The highest BCUT2D eigenvalue weighted by Gasteiger charge is 2.26. The normalized spacial score (nSPS) is 14.9. The number of aromatic nitrogens is 2. The van der Waals surface area contributed by atoms with Gasteiger partial charge in [0, 0.05) is 24.2 Å². The monoisotopic (exact) mass is 229 g/mol. The molecule has 0 bridgehead atoms. The molecule has 1 N–H and O–H groups in total. The van der Waals surface area contributed by atoms with Crippen molar-refractivity contribution in [2.24, 2.45) is 0 Å². The molecule has 17 heavy (non-hydrogen) atoms. The molecule has 0 aliphatic heterocycles. The molecule has 4 nitrogen and oxygen atoms in total. The topological polar surface area (TPSA) is 51.0 Å². The summed E-state index contributed by atoms with van der Waals surface area (Å²) in [4.78, 5) is 9.04. The van der Waals surface area contributed by atoms with Gasteiger partial charge >= 0.3 is 0 Å². The highest BCUT2D eigenvalue weighted by atomic mass is 16.3. The molecule has 0 unspecified atom stereocenters. The first-order chi connectivity index (χ1) is 8.36. The van der Waals surface area contributed by atoms with Gasteiger partial charge in [-0.15, -0.1) is 0 Å². The van der Waals surface area contributed by atoms with E-state index >= 15 is 0 Å². The van der Waals surface area contributed by atoms with Gasteiger partial charge in [-0.2, -0.15) is 0 Å². The lowest BCUT2D eigenvalue weighted by molar-refractivity contribution is 0.577. The van der Waals surface area contributed by atoms with Gasteiger partial charge < -0.3 is 9.73 Å². The summed E-state index contributed by atoms with van der Waals surface area (Å²) in [5.41, 5.74) is 1.13. The van der Waals surface area contributed by atoms with Crippen LogP contribution in [-0.2, 0) is 0 Å². The highest BCUT2D eigenvalue weighted by Crippen LogP contribution is 2.40. The molecule has 2 aromatic heterocycles. The molecule has 1 saturated carbocycles. The fraction of sp³-hybridized carbons (Fsp3) is 0.385. The Balaban J connectivity index is 2.01. The van der Waals surface area contributed by atoms with E-state index in [4.69, 9.17) is 4.42 Å². The van der Waals surface area contributed by atoms with Crippen LogP contribution in [0.3, 0.4) is 0 Å². The Labute approximate surface area is 100 Å². The molecule has 0 aromatic carbocycles. The van der Waals surface area contributed by atoms with Crippen LogP contribution in [0.25, 0.3) is 11.6 Å². The van der Waals surface area contributed by atoms with Crippen LogP contribution in [0.4, 0.5) is 5.82 Å². The van der Waals surface area contributed by atoms with Crippen LogP contribution in [0.2, 0.25) is 0 Å². The zero-order chi connectivity index (χ0) is 11.7. The molecule has 1 aliphatic rings. The lowest BCUT2D eigenvalue weighted by Gasteiger charge is -2.06. The van der Waals surface area contributed by atoms with Gasteiger partial charge in [-0.05, 0) is 31.9 Å². The van der Waals surface area contributed by atoms with Gasteiger partial charge in [0.25, 0.3) is 0 Å². The van der Waals surface area contributed by atoms with E-state index in [0.29, 0.717) is 11.7 Å². The van der Waals surface area contributed by atoms with E-state index < -0.39 is 0 Å². The zero-order valence-corrected chi connectivity index (χ0v) is 9.81. The van der Waals surface area contributed by atoms with E-state index in [1.807, 2.05) is 18.2 Å². The first-order valence-corrected chi connectivity index (χ1v) is 6.03. The Morgan fingerprint density at radius 1 is 1.41 bits per heavy atom. The fourth-order valence-electron chi connectivity index (χ4n) is 1.84. The minimum absolute atomic E-state index is 0.615. The zero-order valence-electron chi connectivity index (χ0n) is 9.81. The summed E-state index contributed by atoms with van der Waals surface area (Å²) < 4.78 is 5.36. The second-order valence-electron chi connectivity index (χ2n) is 4.28. The largest absolute Gasteiger partial charge is 0.461 e. The summed E-state index contributed by atoms with van der Waals surface area (Å²) in [5.74, 6) is 2.90. The van der Waals surface area contributed by atoms with E-state index in [1.54, 1.807) is 6.26 Å². The summed E-state index contributed by atoms with van der Waals surface area (Å²) in [6.07, 6.45) is 4.12. The van der Waals surface area contributed by atoms with Crippen LogP contribution in [0, 0.1) is 0 Å². The molecule has 0 amide bonds. The first-order valence-electron chi connectivity index (χ1n) is 6.03. The maximum atomic E-state index is 5.36. The maximum absolute atomic E-state index is 5.36. The molecule has 0 radical (unpaired) electrons. The van der Waals surface area contributed by atoms with Crippen LogP contribution < -0.4 is 5.32 Å². The molecule has 4 heteroatoms. The van der Waals surface area contributed by atoms with Gasteiger partial charge in [-0.1, -0.05) is 0 Å². The molecule has 88 valence electrons. The van der Waals surface area contributed by atoms with Crippen LogP contribution in [0.5, 0.6) is 0 Å². The molecule has 1 fully saturated rings. The van der Waals surface area contributed by atoms with Crippen molar-refractivity contribution in [3.8, 4) is 11.6 Å². The van der Waals surface area contributed by atoms with E-state index in [9.17, 15) is 0 Å². The number of anilines is 1. The van der Waals surface area contributed by atoms with Gasteiger partial charge in [0.05, 0.1) is 6.26 Å². The van der Waals surface area contributed by atoms with Gasteiger partial charge in [0.15, 0.2) is 11.6 Å². The van der Waals surface area contributed by atoms with Crippen LogP contribution in [0.1, 0.15) is 31.4 Å². The van der Waals surface area contributed by atoms with E-state index in [1.165, 1.54) is 12.8 Å². The summed E-state index contributed by atoms with van der Waals surface area (Å²) >= 11 is 0. The van der Waals surface area contributed by atoms with E-state index in [2.05, 4.69) is 22.2 Å². The van der Waals surface area contributed by atoms with Crippen molar-refractivity contribution in [2.75, 3.05) is 11.9 Å². The second-order valence-corrected chi connectivity index (χ2v) is 4.28. The van der Waals surface area contributed by atoms with Crippen LogP contribution in [-0.4, -0.2) is 16.5 Å². The van der Waals surface area contributed by atoms with Crippen LogP contribution >= 0.6 is 0 Å². The summed E-state index contributed by atoms with van der Waals surface area (Å²) in [6.45, 7) is 2.92. The standard InChI is InChI=1S/C13H15N3O/c1-2-14-12-8-10(9-5-6-9)15-13(16-12)11-4-3-7-17-11/h3-4,7-9H,2,5-6H2,1H3,(H,14,15,16). The Kier molecular flexibility index (Phi) is 2.55. The Bertz CT molecular complexity index is 503. The van der Waals surface area contributed by atoms with Gasteiger partial charge in [-0.3, -0.25) is 0 Å². The van der Waals surface area contributed by atoms with Crippen molar-refractivity contribution in [1.82, 2.24) is 9.97 Å². The fourth-order valence-corrected chi connectivity index (χ4v) is 1.84. The number of hydrogen-bond acceptors (Lipinski definition) is 4. The molecule has 2 heterocycles. The quantitative estimate of drug-likeness (QED) is 0.875. The molecule has 1 aliphatic carbocycles. The van der Waals surface area contributed by atoms with E-state index in [0.717, 1.165) is 23.8 Å². The minimum atomic E-state index is 0.615. The predicted molar refractivity (Wildman–Crippen MR) is 65.9 cm³/mol. The third-order valence-corrected chi connectivity index (χ3v) is 2.84. The number of hydrogen-bond donors (Lipinski definition) is 1. The summed E-state index contributed by atoms with van der Waals surface area (Å²) in [6, 6.07) is 5.80. The van der Waals surface area contributed by atoms with Gasteiger partial charge in [0.2, 0.25) is 0 Å². The lowest BCUT2D eigenvalue weighted by atomic mass is 10.2. The van der Waals surface area contributed by atoms with Crippen molar-refractivity contribution in [3.63, 3.8) is 0 Å². The molecule has 0 atom stereocenters. The number of rotatable bonds is 4. The Hall–Kier alpha value is -1.84. The number of nitrogens with one attached hydrogen (secondary N) is 1. The molecule has 0 spiro atoms. The van der Waals surface area contributed by atoms with Gasteiger partial charge in [0.1, 0.15) is 5.82 Å². The van der Waals surface area contributed by atoms with E-state index in [-0.39, 0.29) is 0 Å². The molecule has 0 saturated heterocycles. The van der Waals surface area contributed by atoms with Crippen molar-refractivity contribution in [1.29, 1.82) is 0 Å². The smallest absolute Gasteiger partial charge is 0.197 e. The Morgan fingerprint density at radius 3 is 2.94 bits per heavy atom. The number of nitrogens with zero attached hydrogens (tertiary/aromatic N) is 2. The third kappa shape index (κ3) is 2.16. The summed E-state index contributed by atoms with van der Waals surface area (Å²) in [5, 5.41) is 3.24. The SMILES string of the molecule is CCNc1cc(C2CC2)nc(-c2ccco2)n1. The molecular formula is C13H15N3O. The summed E-state index contributed by atoms with van der Waals surface area (Å²) in [7, 11) is 0. The lowest BCUT2D eigenvalue weighted by Crippen LogP contribution is -2.03. The highest BCUT2D eigenvalue weighted by molar-refractivity contribution is 5.52. The molecule has 2 aromatic rings. The van der Waals surface area contributed by atoms with Crippen molar-refractivity contribution in [2.45, 2.75) is 25.7 Å². The molecular weight excluding hydrogens is 214 g/mol. The minimum Gasteiger partial charge on any atom is -0.461 e. The molecule has 3 rings (SSSR count). The Morgan fingerprint density at radius 2 is 2.29 bits per heavy atom. The first kappa shape index (κ1) is 10.3. The van der Waals surface area contributed by atoms with Crippen molar-refractivity contribution in [3.05, 3.63) is 30.2 Å². The third-order valence-electron chi connectivity index (χ3n) is 2.84. The average molecular weight is 229 g/mol. The maximum Gasteiger partial charge on any atom is 0.197 e. The number of furan rings is 1. The second kappa shape index (κ2) is 4.20. The van der Waals surface area contributed by atoms with Crippen molar-refractivity contribution >= 4 is 5.82 Å². The average Bonchev–Trinajstić information content (AvgIpc) is 3.05. The van der Waals surface area contributed by atoms with Gasteiger partial charge in [-0.25, -0.2) is 9.97 Å². The predicted octanol–water partition coefficient (Wildman–Crippen LogP) is 3.05. The van der Waals surface area contributed by atoms with Crippen LogP contribution in [0.15, 0.2) is 28.9 Å².